The van der Waals surface area contributed by atoms with E-state index in [0.717, 1.165) is 44.8 Å². The number of fused-ring (bicyclic) bond motifs is 3. The van der Waals surface area contributed by atoms with Gasteiger partial charge in [0.1, 0.15) is 12.0 Å². The summed E-state index contributed by atoms with van der Waals surface area (Å²) in [5.74, 6) is 0.556. The van der Waals surface area contributed by atoms with E-state index in [0.29, 0.717) is 12.4 Å². The minimum absolute atomic E-state index is 0.182. The highest BCUT2D eigenvalue weighted by molar-refractivity contribution is 5.98. The number of aryl methyl sites for hydroxylation is 1. The highest BCUT2D eigenvalue weighted by Gasteiger charge is 2.18. The first kappa shape index (κ1) is 19.9. The maximum Gasteiger partial charge on any atom is 0.192 e. The molecule has 5 aromatic rings. The molecule has 0 aliphatic rings. The lowest BCUT2D eigenvalue weighted by Crippen LogP contribution is -2.03. The fourth-order valence-electron chi connectivity index (χ4n) is 3.82. The molecule has 0 N–H and O–H groups in total. The molecule has 0 unspecified atom stereocenters. The van der Waals surface area contributed by atoms with Gasteiger partial charge in [-0.25, -0.2) is 14.5 Å². The molecule has 0 aliphatic heterocycles. The van der Waals surface area contributed by atoms with Gasteiger partial charge < -0.3 is 9.40 Å². The quantitative estimate of drug-likeness (QED) is 0.302. The van der Waals surface area contributed by atoms with E-state index in [1.54, 1.807) is 17.0 Å². The monoisotopic (exact) mass is 425 g/mol. The molecule has 0 atom stereocenters. The van der Waals surface area contributed by atoms with Gasteiger partial charge in [-0.15, -0.1) is 5.10 Å². The van der Waals surface area contributed by atoms with Crippen LogP contribution in [0.25, 0.3) is 16.7 Å². The third-order valence-electron chi connectivity index (χ3n) is 5.64. The topological polar surface area (TPSA) is 82.5 Å². The van der Waals surface area contributed by atoms with Crippen molar-refractivity contribution in [1.29, 1.82) is 0 Å². The zero-order valence-corrected chi connectivity index (χ0v) is 18.2. The second-order valence-electron chi connectivity index (χ2n) is 7.71. The first-order chi connectivity index (χ1) is 15.6. The Bertz CT molecular complexity index is 1420. The van der Waals surface area contributed by atoms with Gasteiger partial charge in [-0.2, -0.15) is 0 Å². The lowest BCUT2D eigenvalue weighted by Gasteiger charge is -2.07. The summed E-state index contributed by atoms with van der Waals surface area (Å²) in [6.45, 7) is 6.99. The molecule has 4 heterocycles. The second kappa shape index (κ2) is 8.22. The Hall–Kier alpha value is -4.07. The fraction of sp³-hybridized carbons (Fsp3) is 0.208. The Morgan fingerprint density at radius 2 is 1.91 bits per heavy atom. The van der Waals surface area contributed by atoms with Crippen LogP contribution in [0.2, 0.25) is 0 Å². The van der Waals surface area contributed by atoms with Crippen LogP contribution in [0.3, 0.4) is 0 Å². The smallest absolute Gasteiger partial charge is 0.192 e. The number of hydrogen-bond donors (Lipinski definition) is 0. The Labute approximate surface area is 185 Å². The van der Waals surface area contributed by atoms with Crippen LogP contribution < -0.4 is 0 Å². The highest BCUT2D eigenvalue weighted by Crippen LogP contribution is 2.27. The summed E-state index contributed by atoms with van der Waals surface area (Å²) in [6.07, 6.45) is 5.36. The van der Waals surface area contributed by atoms with Gasteiger partial charge in [-0.3, -0.25) is 4.98 Å². The van der Waals surface area contributed by atoms with Crippen molar-refractivity contribution in [3.8, 4) is 0 Å². The van der Waals surface area contributed by atoms with E-state index < -0.39 is 0 Å². The molecule has 32 heavy (non-hydrogen) atoms. The van der Waals surface area contributed by atoms with E-state index in [-0.39, 0.29) is 6.61 Å². The highest BCUT2D eigenvalue weighted by atomic mass is 16.6. The van der Waals surface area contributed by atoms with Crippen molar-refractivity contribution >= 4 is 22.4 Å². The number of rotatable bonds is 6. The van der Waals surface area contributed by atoms with Crippen LogP contribution in [0, 0.1) is 13.8 Å². The van der Waals surface area contributed by atoms with Gasteiger partial charge in [0.25, 0.3) is 0 Å². The van der Waals surface area contributed by atoms with Gasteiger partial charge in [-0.1, -0.05) is 41.6 Å². The molecule has 4 aromatic heterocycles. The number of hydrogen-bond acceptors (Lipinski definition) is 6. The summed E-state index contributed by atoms with van der Waals surface area (Å²) < 4.78 is 3.90. The molecular formula is C24H23N7O. The lowest BCUT2D eigenvalue weighted by molar-refractivity contribution is 0.125. The van der Waals surface area contributed by atoms with E-state index in [1.165, 1.54) is 0 Å². The molecule has 5 rings (SSSR count). The summed E-state index contributed by atoms with van der Waals surface area (Å²) in [5, 5.41) is 9.73. The summed E-state index contributed by atoms with van der Waals surface area (Å²) in [7, 11) is 0. The minimum atomic E-state index is 0.182. The van der Waals surface area contributed by atoms with Crippen LogP contribution in [0.15, 0.2) is 66.3 Å². The Morgan fingerprint density at radius 1 is 1.06 bits per heavy atom. The zero-order valence-electron chi connectivity index (χ0n) is 18.2. The van der Waals surface area contributed by atoms with E-state index >= 15 is 0 Å². The first-order valence-corrected chi connectivity index (χ1v) is 10.4. The largest absolute Gasteiger partial charge is 0.387 e. The predicted octanol–water partition coefficient (Wildman–Crippen LogP) is 4.08. The summed E-state index contributed by atoms with van der Waals surface area (Å²) in [6, 6.07) is 13.9. The summed E-state index contributed by atoms with van der Waals surface area (Å²) in [4.78, 5) is 19.2. The molecule has 0 amide bonds. The standard InChI is InChI=1S/C24H23N7O/c1-16-18(3)30(13-19-8-7-11-25-12-19)23-22(16)24-27-21(28-31(24)15-26-23)14-32-29-17(2)20-9-5-4-6-10-20/h4-12,15H,13-14H2,1-3H3/b29-17+. The number of pyridine rings is 1. The van der Waals surface area contributed by atoms with Crippen molar-refractivity contribution < 1.29 is 4.84 Å². The van der Waals surface area contributed by atoms with Gasteiger partial charge >= 0.3 is 0 Å². The van der Waals surface area contributed by atoms with E-state index in [2.05, 4.69) is 44.7 Å². The van der Waals surface area contributed by atoms with Crippen LogP contribution in [-0.2, 0) is 18.0 Å². The van der Waals surface area contributed by atoms with Crippen molar-refractivity contribution in [1.82, 2.24) is 29.1 Å². The maximum absolute atomic E-state index is 5.53. The molecular weight excluding hydrogens is 402 g/mol. The molecule has 160 valence electrons. The van der Waals surface area contributed by atoms with E-state index in [4.69, 9.17) is 9.82 Å². The van der Waals surface area contributed by atoms with Crippen molar-refractivity contribution in [2.24, 2.45) is 5.16 Å². The number of benzene rings is 1. The van der Waals surface area contributed by atoms with Crippen molar-refractivity contribution in [3.63, 3.8) is 0 Å². The van der Waals surface area contributed by atoms with Crippen molar-refractivity contribution in [2.75, 3.05) is 0 Å². The Morgan fingerprint density at radius 3 is 2.69 bits per heavy atom. The summed E-state index contributed by atoms with van der Waals surface area (Å²) >= 11 is 0. The molecule has 0 saturated carbocycles. The van der Waals surface area contributed by atoms with E-state index in [1.807, 2.05) is 49.5 Å². The Balaban J connectivity index is 1.45. The molecule has 0 fully saturated rings. The second-order valence-corrected chi connectivity index (χ2v) is 7.71. The minimum Gasteiger partial charge on any atom is -0.387 e. The average Bonchev–Trinajstić information content (AvgIpc) is 3.34. The van der Waals surface area contributed by atoms with Gasteiger partial charge in [0.2, 0.25) is 0 Å². The van der Waals surface area contributed by atoms with Gasteiger partial charge in [0.15, 0.2) is 18.1 Å². The molecule has 0 spiro atoms. The van der Waals surface area contributed by atoms with E-state index in [9.17, 15) is 0 Å². The van der Waals surface area contributed by atoms with Gasteiger partial charge in [-0.05, 0) is 43.5 Å². The third kappa shape index (κ3) is 3.60. The molecule has 8 nitrogen and oxygen atoms in total. The average molecular weight is 425 g/mol. The van der Waals surface area contributed by atoms with Crippen LogP contribution in [0.1, 0.15) is 35.1 Å². The van der Waals surface area contributed by atoms with Crippen molar-refractivity contribution in [3.05, 3.63) is 89.4 Å². The van der Waals surface area contributed by atoms with Crippen LogP contribution >= 0.6 is 0 Å². The summed E-state index contributed by atoms with van der Waals surface area (Å²) in [5.41, 5.74) is 6.88. The Kier molecular flexibility index (Phi) is 5.10. The number of oxime groups is 1. The SMILES string of the molecule is C/C(=N\OCc1nc2c3c(C)c(C)n(Cc4cccnc4)c3ncn2n1)c1ccccc1. The lowest BCUT2D eigenvalue weighted by atomic mass is 10.1. The molecule has 8 heteroatoms. The normalized spacial score (nSPS) is 12.0. The molecule has 0 saturated heterocycles. The fourth-order valence-corrected chi connectivity index (χ4v) is 3.82. The third-order valence-corrected chi connectivity index (χ3v) is 5.64. The van der Waals surface area contributed by atoms with Gasteiger partial charge in [0.05, 0.1) is 17.6 Å². The van der Waals surface area contributed by atoms with Crippen LogP contribution in [0.5, 0.6) is 0 Å². The zero-order chi connectivity index (χ0) is 22.1. The van der Waals surface area contributed by atoms with Gasteiger partial charge in [0, 0.05) is 18.1 Å². The molecule has 0 radical (unpaired) electrons. The molecule has 0 bridgehead atoms. The first-order valence-electron chi connectivity index (χ1n) is 10.4. The molecule has 1 aromatic carbocycles. The number of nitrogens with zero attached hydrogens (tertiary/aromatic N) is 7. The maximum atomic E-state index is 5.53. The van der Waals surface area contributed by atoms with Crippen molar-refractivity contribution in [2.45, 2.75) is 33.9 Å². The van der Waals surface area contributed by atoms with Crippen LogP contribution in [0.4, 0.5) is 0 Å². The number of aromatic nitrogens is 6. The predicted molar refractivity (Wildman–Crippen MR) is 123 cm³/mol. The van der Waals surface area contributed by atoms with Crippen LogP contribution in [-0.4, -0.2) is 34.8 Å². The molecule has 0 aliphatic carbocycles.